The normalized spacial score (nSPS) is 22.1. The lowest BCUT2D eigenvalue weighted by atomic mass is 9.87. The second-order valence-corrected chi connectivity index (χ2v) is 6.25. The second kappa shape index (κ2) is 6.90. The zero-order chi connectivity index (χ0) is 15.3. The number of carbonyl (C=O) groups is 2. The van der Waals surface area contributed by atoms with Crippen LogP contribution in [0.5, 0.6) is 0 Å². The summed E-state index contributed by atoms with van der Waals surface area (Å²) in [5, 5.41) is 14.3. The SMILES string of the molecule is CN1CCOC(CNC(=O)N[C@H](C(=O)O)C(C)(C)C)C1. The van der Waals surface area contributed by atoms with E-state index in [2.05, 4.69) is 15.5 Å². The molecule has 0 aromatic rings. The molecule has 0 bridgehead atoms. The van der Waals surface area contributed by atoms with E-state index < -0.39 is 23.5 Å². The maximum absolute atomic E-state index is 11.8. The maximum atomic E-state index is 11.8. The van der Waals surface area contributed by atoms with Crippen molar-refractivity contribution < 1.29 is 19.4 Å². The van der Waals surface area contributed by atoms with E-state index in [1.807, 2.05) is 7.05 Å². The molecule has 116 valence electrons. The van der Waals surface area contributed by atoms with Gasteiger partial charge in [0.1, 0.15) is 6.04 Å². The first-order valence-electron chi connectivity index (χ1n) is 6.77. The van der Waals surface area contributed by atoms with Gasteiger partial charge in [0.2, 0.25) is 0 Å². The number of likely N-dealkylation sites (N-methyl/N-ethyl adjacent to an activating group) is 1. The van der Waals surface area contributed by atoms with Crippen molar-refractivity contribution in [3.63, 3.8) is 0 Å². The zero-order valence-corrected chi connectivity index (χ0v) is 12.6. The van der Waals surface area contributed by atoms with Crippen molar-refractivity contribution in [1.29, 1.82) is 0 Å². The molecule has 1 aliphatic rings. The second-order valence-electron chi connectivity index (χ2n) is 6.25. The van der Waals surface area contributed by atoms with Crippen LogP contribution in [-0.2, 0) is 9.53 Å². The van der Waals surface area contributed by atoms with Crippen LogP contribution in [0.25, 0.3) is 0 Å². The fraction of sp³-hybridized carbons (Fsp3) is 0.846. The molecule has 1 unspecified atom stereocenters. The number of carboxylic acids is 1. The van der Waals surface area contributed by atoms with Gasteiger partial charge in [-0.15, -0.1) is 0 Å². The summed E-state index contributed by atoms with van der Waals surface area (Å²) in [6, 6.07) is -1.42. The number of hydrogen-bond donors (Lipinski definition) is 3. The molecule has 0 aliphatic carbocycles. The van der Waals surface area contributed by atoms with Crippen molar-refractivity contribution in [3.8, 4) is 0 Å². The van der Waals surface area contributed by atoms with Crippen molar-refractivity contribution in [2.24, 2.45) is 5.41 Å². The molecule has 1 aliphatic heterocycles. The molecule has 2 atom stereocenters. The van der Waals surface area contributed by atoms with Gasteiger partial charge < -0.3 is 25.4 Å². The number of ether oxygens (including phenoxy) is 1. The highest BCUT2D eigenvalue weighted by Crippen LogP contribution is 2.19. The number of amides is 2. The topological polar surface area (TPSA) is 90.9 Å². The summed E-state index contributed by atoms with van der Waals surface area (Å²) < 4.78 is 5.52. The zero-order valence-electron chi connectivity index (χ0n) is 12.6. The molecule has 2 amide bonds. The first-order valence-corrected chi connectivity index (χ1v) is 6.77. The Morgan fingerprint density at radius 3 is 2.60 bits per heavy atom. The highest BCUT2D eigenvalue weighted by molar-refractivity contribution is 5.83. The van der Waals surface area contributed by atoms with Crippen LogP contribution in [0, 0.1) is 5.41 Å². The quantitative estimate of drug-likeness (QED) is 0.683. The van der Waals surface area contributed by atoms with Crippen LogP contribution in [0.1, 0.15) is 20.8 Å². The number of nitrogens with zero attached hydrogens (tertiary/aromatic N) is 1. The fourth-order valence-corrected chi connectivity index (χ4v) is 2.03. The van der Waals surface area contributed by atoms with Gasteiger partial charge in [0.15, 0.2) is 0 Å². The number of rotatable bonds is 4. The van der Waals surface area contributed by atoms with Crippen LogP contribution in [0.15, 0.2) is 0 Å². The Kier molecular flexibility index (Phi) is 5.76. The molecule has 0 aromatic carbocycles. The van der Waals surface area contributed by atoms with Crippen LogP contribution < -0.4 is 10.6 Å². The van der Waals surface area contributed by atoms with Crippen LogP contribution in [-0.4, -0.2) is 67.4 Å². The summed E-state index contributed by atoms with van der Waals surface area (Å²) >= 11 is 0. The van der Waals surface area contributed by atoms with Crippen molar-refractivity contribution in [2.45, 2.75) is 32.9 Å². The third-order valence-corrected chi connectivity index (χ3v) is 3.22. The van der Waals surface area contributed by atoms with E-state index in [9.17, 15) is 9.59 Å². The highest BCUT2D eigenvalue weighted by atomic mass is 16.5. The molecule has 7 nitrogen and oxygen atoms in total. The third kappa shape index (κ3) is 5.34. The lowest BCUT2D eigenvalue weighted by Crippen LogP contribution is -2.54. The van der Waals surface area contributed by atoms with Gasteiger partial charge >= 0.3 is 12.0 Å². The number of carboxylic acid groups (broad SMARTS) is 1. The molecule has 1 heterocycles. The third-order valence-electron chi connectivity index (χ3n) is 3.22. The summed E-state index contributed by atoms with van der Waals surface area (Å²) in [5.41, 5.74) is -0.551. The number of morpholine rings is 1. The van der Waals surface area contributed by atoms with Crippen molar-refractivity contribution >= 4 is 12.0 Å². The Morgan fingerprint density at radius 1 is 1.45 bits per heavy atom. The number of nitrogens with one attached hydrogen (secondary N) is 2. The molecule has 1 saturated heterocycles. The van der Waals surface area contributed by atoms with Gasteiger partial charge in [-0.3, -0.25) is 0 Å². The number of hydrogen-bond acceptors (Lipinski definition) is 4. The van der Waals surface area contributed by atoms with Crippen LogP contribution >= 0.6 is 0 Å². The first-order chi connectivity index (χ1) is 9.20. The van der Waals surface area contributed by atoms with E-state index in [4.69, 9.17) is 9.84 Å². The molecule has 0 spiro atoms. The minimum absolute atomic E-state index is 0.0579. The summed E-state index contributed by atoms with van der Waals surface area (Å²) in [7, 11) is 2.00. The predicted molar refractivity (Wildman–Crippen MR) is 74.7 cm³/mol. The monoisotopic (exact) mass is 287 g/mol. The molecular formula is C13H25N3O4. The molecule has 1 rings (SSSR count). The molecular weight excluding hydrogens is 262 g/mol. The van der Waals surface area contributed by atoms with Gasteiger partial charge in [-0.25, -0.2) is 9.59 Å². The van der Waals surface area contributed by atoms with Gasteiger partial charge in [-0.1, -0.05) is 20.8 Å². The molecule has 20 heavy (non-hydrogen) atoms. The molecule has 0 aromatic heterocycles. The van der Waals surface area contributed by atoms with Gasteiger partial charge in [-0.2, -0.15) is 0 Å². The number of urea groups is 1. The first kappa shape index (κ1) is 16.7. The standard InChI is InChI=1S/C13H25N3O4/c1-13(2,3)10(11(17)18)15-12(19)14-7-9-8-16(4)5-6-20-9/h9-10H,5-8H2,1-4H3,(H,17,18)(H2,14,15,19)/t9?,10-/m1/s1. The van der Waals surface area contributed by atoms with E-state index in [-0.39, 0.29) is 6.10 Å². The highest BCUT2D eigenvalue weighted by Gasteiger charge is 2.32. The number of aliphatic carboxylic acids is 1. The fourth-order valence-electron chi connectivity index (χ4n) is 2.03. The van der Waals surface area contributed by atoms with Gasteiger partial charge in [0.05, 0.1) is 12.7 Å². The summed E-state index contributed by atoms with van der Waals surface area (Å²) in [6.07, 6.45) is -0.0579. The van der Waals surface area contributed by atoms with Crippen molar-refractivity contribution in [2.75, 3.05) is 33.3 Å². The van der Waals surface area contributed by atoms with Crippen LogP contribution in [0.3, 0.4) is 0 Å². The minimum atomic E-state index is -1.04. The Bertz CT molecular complexity index is 354. The van der Waals surface area contributed by atoms with E-state index in [0.717, 1.165) is 13.1 Å². The average molecular weight is 287 g/mol. The van der Waals surface area contributed by atoms with Gasteiger partial charge in [-0.05, 0) is 12.5 Å². The minimum Gasteiger partial charge on any atom is -0.480 e. The Morgan fingerprint density at radius 2 is 2.10 bits per heavy atom. The molecule has 0 radical (unpaired) electrons. The summed E-state index contributed by atoms with van der Waals surface area (Å²) in [4.78, 5) is 25.1. The largest absolute Gasteiger partial charge is 0.480 e. The summed E-state index contributed by atoms with van der Waals surface area (Å²) in [5.74, 6) is -1.04. The molecule has 3 N–H and O–H groups in total. The van der Waals surface area contributed by atoms with E-state index in [0.29, 0.717) is 13.2 Å². The van der Waals surface area contributed by atoms with E-state index >= 15 is 0 Å². The Hall–Kier alpha value is -1.34. The lowest BCUT2D eigenvalue weighted by Gasteiger charge is -2.31. The molecule has 7 heteroatoms. The molecule has 0 saturated carbocycles. The predicted octanol–water partition coefficient (Wildman–Crippen LogP) is 0.116. The number of carbonyl (C=O) groups excluding carboxylic acids is 1. The lowest BCUT2D eigenvalue weighted by molar-refractivity contribution is -0.141. The van der Waals surface area contributed by atoms with Gasteiger partial charge in [0, 0.05) is 19.6 Å². The Labute approximate surface area is 119 Å². The smallest absolute Gasteiger partial charge is 0.326 e. The summed E-state index contributed by atoms with van der Waals surface area (Å²) in [6.45, 7) is 7.95. The van der Waals surface area contributed by atoms with E-state index in [1.165, 1.54) is 0 Å². The van der Waals surface area contributed by atoms with E-state index in [1.54, 1.807) is 20.8 Å². The van der Waals surface area contributed by atoms with Crippen molar-refractivity contribution in [1.82, 2.24) is 15.5 Å². The van der Waals surface area contributed by atoms with Crippen molar-refractivity contribution in [3.05, 3.63) is 0 Å². The maximum Gasteiger partial charge on any atom is 0.326 e. The molecule has 1 fully saturated rings. The van der Waals surface area contributed by atoms with Crippen LogP contribution in [0.4, 0.5) is 4.79 Å². The van der Waals surface area contributed by atoms with Gasteiger partial charge in [0.25, 0.3) is 0 Å². The Balaban J connectivity index is 2.40. The van der Waals surface area contributed by atoms with Crippen LogP contribution in [0.2, 0.25) is 0 Å². The average Bonchev–Trinajstić information content (AvgIpc) is 2.31.